The van der Waals surface area contributed by atoms with Gasteiger partial charge in [0.25, 0.3) is 5.91 Å². The van der Waals surface area contributed by atoms with Gasteiger partial charge in [0, 0.05) is 6.04 Å². The first-order chi connectivity index (χ1) is 9.66. The van der Waals surface area contributed by atoms with Crippen LogP contribution in [0.4, 0.5) is 4.39 Å². The summed E-state index contributed by atoms with van der Waals surface area (Å²) in [6, 6.07) is 8.55. The fourth-order valence-corrected chi connectivity index (χ4v) is 2.51. The van der Waals surface area contributed by atoms with E-state index in [0.29, 0.717) is 16.8 Å². The predicted molar refractivity (Wildman–Crippen MR) is 75.7 cm³/mol. The van der Waals surface area contributed by atoms with Crippen molar-refractivity contribution in [1.82, 2.24) is 4.90 Å². The van der Waals surface area contributed by atoms with Crippen molar-refractivity contribution >= 4 is 21.8 Å². The molecule has 0 unspecified atom stereocenters. The highest BCUT2D eigenvalue weighted by molar-refractivity contribution is 9.10. The maximum Gasteiger partial charge on any atom is 0.257 e. The third kappa shape index (κ3) is 2.63. The summed E-state index contributed by atoms with van der Waals surface area (Å²) in [6.07, 6.45) is 3.49. The van der Waals surface area contributed by atoms with Crippen LogP contribution in [0.2, 0.25) is 0 Å². The van der Waals surface area contributed by atoms with Gasteiger partial charge in [-0.05, 0) is 53.0 Å². The van der Waals surface area contributed by atoms with Gasteiger partial charge in [-0.3, -0.25) is 4.79 Å². The second-order valence-electron chi connectivity index (χ2n) is 4.84. The van der Waals surface area contributed by atoms with Gasteiger partial charge < -0.3 is 9.32 Å². The average molecular weight is 338 g/mol. The minimum Gasteiger partial charge on any atom is -0.467 e. The second-order valence-corrected chi connectivity index (χ2v) is 5.70. The van der Waals surface area contributed by atoms with Crippen molar-refractivity contribution in [2.45, 2.75) is 25.4 Å². The molecular formula is C15H13BrFNO2. The number of nitrogens with zero attached hydrogens (tertiary/aromatic N) is 1. The summed E-state index contributed by atoms with van der Waals surface area (Å²) in [4.78, 5) is 14.2. The molecule has 1 aromatic heterocycles. The number of carbonyl (C=O) groups is 1. The van der Waals surface area contributed by atoms with Crippen LogP contribution in [-0.2, 0) is 6.54 Å². The van der Waals surface area contributed by atoms with Crippen LogP contribution < -0.4 is 0 Å². The molecule has 1 fully saturated rings. The van der Waals surface area contributed by atoms with E-state index in [1.165, 1.54) is 6.07 Å². The fourth-order valence-electron chi connectivity index (χ4n) is 2.15. The molecule has 0 saturated heterocycles. The number of rotatable bonds is 4. The van der Waals surface area contributed by atoms with Crippen molar-refractivity contribution in [1.29, 1.82) is 0 Å². The smallest absolute Gasteiger partial charge is 0.257 e. The summed E-state index contributed by atoms with van der Waals surface area (Å²) < 4.78 is 19.6. The third-order valence-corrected chi connectivity index (χ3v) is 3.95. The van der Waals surface area contributed by atoms with Gasteiger partial charge in [0.05, 0.1) is 22.8 Å². The molecule has 20 heavy (non-hydrogen) atoms. The van der Waals surface area contributed by atoms with E-state index in [1.54, 1.807) is 29.4 Å². The van der Waals surface area contributed by atoms with Crippen molar-refractivity contribution in [2.75, 3.05) is 0 Å². The number of amides is 1. The van der Waals surface area contributed by atoms with E-state index in [2.05, 4.69) is 15.9 Å². The van der Waals surface area contributed by atoms with Crippen LogP contribution in [0.1, 0.15) is 29.0 Å². The highest BCUT2D eigenvalue weighted by Gasteiger charge is 2.34. The largest absolute Gasteiger partial charge is 0.467 e. The van der Waals surface area contributed by atoms with Gasteiger partial charge in [-0.25, -0.2) is 4.39 Å². The van der Waals surface area contributed by atoms with Crippen LogP contribution in [0.3, 0.4) is 0 Å². The Labute approximate surface area is 124 Å². The van der Waals surface area contributed by atoms with Crippen molar-refractivity contribution in [3.63, 3.8) is 0 Å². The van der Waals surface area contributed by atoms with Crippen molar-refractivity contribution in [3.05, 3.63) is 58.2 Å². The SMILES string of the molecule is O=C(c1cccc(Br)c1F)N(Cc1ccco1)C1CC1. The van der Waals surface area contributed by atoms with Crippen LogP contribution in [0.5, 0.6) is 0 Å². The molecule has 1 heterocycles. The summed E-state index contributed by atoms with van der Waals surface area (Å²) in [6.45, 7) is 0.377. The number of hydrogen-bond acceptors (Lipinski definition) is 2. The molecule has 0 atom stereocenters. The van der Waals surface area contributed by atoms with E-state index < -0.39 is 5.82 Å². The first-order valence-electron chi connectivity index (χ1n) is 6.44. The number of carbonyl (C=O) groups excluding carboxylic acids is 1. The lowest BCUT2D eigenvalue weighted by atomic mass is 10.1. The van der Waals surface area contributed by atoms with Crippen molar-refractivity contribution in [2.24, 2.45) is 0 Å². The Morgan fingerprint density at radius 3 is 2.80 bits per heavy atom. The molecule has 1 aliphatic rings. The number of halogens is 2. The molecule has 2 aromatic rings. The predicted octanol–water partition coefficient (Wildman–Crippen LogP) is 3.99. The minimum atomic E-state index is -0.511. The van der Waals surface area contributed by atoms with E-state index in [-0.39, 0.29) is 17.5 Å². The van der Waals surface area contributed by atoms with E-state index in [9.17, 15) is 9.18 Å². The summed E-state index contributed by atoms with van der Waals surface area (Å²) >= 11 is 3.11. The first kappa shape index (κ1) is 13.4. The molecule has 1 amide bonds. The molecule has 0 radical (unpaired) electrons. The first-order valence-corrected chi connectivity index (χ1v) is 7.23. The minimum absolute atomic E-state index is 0.0952. The zero-order valence-electron chi connectivity index (χ0n) is 10.7. The molecule has 3 rings (SSSR count). The van der Waals surface area contributed by atoms with Gasteiger partial charge in [0.15, 0.2) is 0 Å². The van der Waals surface area contributed by atoms with E-state index in [1.807, 2.05) is 6.07 Å². The van der Waals surface area contributed by atoms with Gasteiger partial charge in [-0.15, -0.1) is 0 Å². The maximum absolute atomic E-state index is 14.1. The highest BCUT2D eigenvalue weighted by atomic mass is 79.9. The Balaban J connectivity index is 1.87. The van der Waals surface area contributed by atoms with E-state index >= 15 is 0 Å². The van der Waals surface area contributed by atoms with Gasteiger partial charge in [0.1, 0.15) is 11.6 Å². The van der Waals surface area contributed by atoms with Crippen LogP contribution in [-0.4, -0.2) is 16.8 Å². The lowest BCUT2D eigenvalue weighted by molar-refractivity contribution is 0.0712. The number of hydrogen-bond donors (Lipinski definition) is 0. The Morgan fingerprint density at radius 2 is 2.15 bits per heavy atom. The van der Waals surface area contributed by atoms with Crippen LogP contribution in [0, 0.1) is 5.82 Å². The normalized spacial score (nSPS) is 14.3. The Morgan fingerprint density at radius 1 is 1.35 bits per heavy atom. The Hall–Kier alpha value is -1.62. The molecular weight excluding hydrogens is 325 g/mol. The molecule has 1 aromatic carbocycles. The Kier molecular flexibility index (Phi) is 3.61. The van der Waals surface area contributed by atoms with Crippen LogP contribution in [0.15, 0.2) is 45.5 Å². The number of benzene rings is 1. The summed E-state index contributed by atoms with van der Waals surface area (Å²) in [5, 5.41) is 0. The molecule has 0 N–H and O–H groups in total. The molecule has 1 saturated carbocycles. The van der Waals surface area contributed by atoms with Crippen molar-refractivity contribution in [3.8, 4) is 0 Å². The molecule has 1 aliphatic carbocycles. The topological polar surface area (TPSA) is 33.5 Å². The molecule has 0 spiro atoms. The van der Waals surface area contributed by atoms with E-state index in [0.717, 1.165) is 12.8 Å². The lowest BCUT2D eigenvalue weighted by Crippen LogP contribution is -2.33. The molecule has 5 heteroatoms. The molecule has 104 valence electrons. The van der Waals surface area contributed by atoms with E-state index in [4.69, 9.17) is 4.42 Å². The zero-order chi connectivity index (χ0) is 14.1. The summed E-state index contributed by atoms with van der Waals surface area (Å²) in [5.41, 5.74) is 0.0952. The maximum atomic E-state index is 14.1. The zero-order valence-corrected chi connectivity index (χ0v) is 12.3. The summed E-state index contributed by atoms with van der Waals surface area (Å²) in [7, 11) is 0. The Bertz CT molecular complexity index is 623. The quantitative estimate of drug-likeness (QED) is 0.845. The van der Waals surface area contributed by atoms with Gasteiger partial charge in [0.2, 0.25) is 0 Å². The van der Waals surface area contributed by atoms with Gasteiger partial charge in [-0.2, -0.15) is 0 Å². The molecule has 3 nitrogen and oxygen atoms in total. The fraction of sp³-hybridized carbons (Fsp3) is 0.267. The van der Waals surface area contributed by atoms with Gasteiger partial charge in [-0.1, -0.05) is 6.07 Å². The highest BCUT2D eigenvalue weighted by Crippen LogP contribution is 2.31. The summed E-state index contributed by atoms with van der Waals surface area (Å²) in [5.74, 6) is -0.0917. The number of furan rings is 1. The monoisotopic (exact) mass is 337 g/mol. The molecule has 0 aliphatic heterocycles. The lowest BCUT2D eigenvalue weighted by Gasteiger charge is -2.21. The standard InChI is InChI=1S/C15H13BrFNO2/c16-13-5-1-4-12(14(13)17)15(19)18(10-6-7-10)9-11-3-2-8-20-11/h1-5,8,10H,6-7,9H2. The molecule has 0 bridgehead atoms. The average Bonchev–Trinajstić information content (AvgIpc) is 3.15. The van der Waals surface area contributed by atoms with Crippen LogP contribution in [0.25, 0.3) is 0 Å². The third-order valence-electron chi connectivity index (χ3n) is 3.34. The van der Waals surface area contributed by atoms with Gasteiger partial charge >= 0.3 is 0 Å². The van der Waals surface area contributed by atoms with Crippen LogP contribution >= 0.6 is 15.9 Å². The second kappa shape index (κ2) is 5.40. The van der Waals surface area contributed by atoms with Crippen molar-refractivity contribution < 1.29 is 13.6 Å².